The Morgan fingerprint density at radius 3 is 2.64 bits per heavy atom. The number of hydrogen-bond donors (Lipinski definition) is 0. The summed E-state index contributed by atoms with van der Waals surface area (Å²) in [6, 6.07) is 4.44. The van der Waals surface area contributed by atoms with E-state index in [0.717, 1.165) is 28.2 Å². The highest BCUT2D eigenvalue weighted by Crippen LogP contribution is 2.38. The van der Waals surface area contributed by atoms with Crippen molar-refractivity contribution in [3.05, 3.63) is 44.8 Å². The number of hydrogen-bond acceptors (Lipinski definition) is 6. The molecule has 1 fully saturated rings. The molecule has 1 amide bonds. The van der Waals surface area contributed by atoms with Crippen molar-refractivity contribution in [1.82, 2.24) is 9.88 Å². The Morgan fingerprint density at radius 1 is 1.27 bits per heavy atom. The zero-order chi connectivity index (χ0) is 23.9. The summed E-state index contributed by atoms with van der Waals surface area (Å²) >= 11 is 1.55. The van der Waals surface area contributed by atoms with Crippen LogP contribution in [0.1, 0.15) is 80.2 Å². The minimum atomic E-state index is -0.308. The van der Waals surface area contributed by atoms with Gasteiger partial charge in [-0.2, -0.15) is 16.6 Å². The number of pyridine rings is 1. The fraction of sp³-hybridized carbons (Fsp3) is 0.577. The van der Waals surface area contributed by atoms with E-state index in [1.54, 1.807) is 11.3 Å². The number of nitriles is 1. The van der Waals surface area contributed by atoms with Gasteiger partial charge in [-0.15, -0.1) is 0 Å². The second-order valence-corrected chi connectivity index (χ2v) is 11.2. The summed E-state index contributed by atoms with van der Waals surface area (Å²) in [5.74, 6) is 1.38. The predicted molar refractivity (Wildman–Crippen MR) is 132 cm³/mol. The maximum absolute atomic E-state index is 13.2. The quantitative estimate of drug-likeness (QED) is 0.636. The van der Waals surface area contributed by atoms with E-state index in [0.29, 0.717) is 38.2 Å². The van der Waals surface area contributed by atoms with Crippen molar-refractivity contribution in [1.29, 1.82) is 5.26 Å². The van der Waals surface area contributed by atoms with Gasteiger partial charge >= 0.3 is 0 Å². The molecule has 0 bridgehead atoms. The normalized spacial score (nSPS) is 20.2. The molecule has 2 aromatic rings. The van der Waals surface area contributed by atoms with Gasteiger partial charge in [0.15, 0.2) is 0 Å². The van der Waals surface area contributed by atoms with E-state index in [4.69, 9.17) is 9.72 Å². The number of aromatic nitrogens is 1. The second-order valence-electron chi connectivity index (χ2n) is 10.4. The average molecular weight is 467 g/mol. The monoisotopic (exact) mass is 466 g/mol. The zero-order valence-electron chi connectivity index (χ0n) is 20.5. The fourth-order valence-electron chi connectivity index (χ4n) is 4.98. The minimum Gasteiger partial charge on any atom is -0.370 e. The lowest BCUT2D eigenvalue weighted by Gasteiger charge is -2.44. The summed E-state index contributed by atoms with van der Waals surface area (Å²) in [4.78, 5) is 22.5. The molecule has 0 aromatic carbocycles. The van der Waals surface area contributed by atoms with Gasteiger partial charge in [-0.05, 0) is 42.7 Å². The average Bonchev–Trinajstić information content (AvgIpc) is 3.31. The molecule has 0 radical (unpaired) electrons. The molecule has 0 saturated carbocycles. The van der Waals surface area contributed by atoms with Crippen LogP contribution in [0.5, 0.6) is 0 Å². The van der Waals surface area contributed by atoms with Crippen LogP contribution in [0.25, 0.3) is 0 Å². The maximum Gasteiger partial charge on any atom is 0.255 e. The zero-order valence-corrected chi connectivity index (χ0v) is 21.3. The van der Waals surface area contributed by atoms with Gasteiger partial charge in [-0.1, -0.05) is 27.7 Å². The Hall–Kier alpha value is -2.43. The number of thiophene rings is 1. The van der Waals surface area contributed by atoms with Crippen LogP contribution in [-0.4, -0.2) is 47.1 Å². The summed E-state index contributed by atoms with van der Waals surface area (Å²) in [7, 11) is 0. The number of nitrogens with zero attached hydrogens (tertiary/aromatic N) is 4. The molecule has 2 aromatic heterocycles. The lowest BCUT2D eigenvalue weighted by atomic mass is 9.86. The first-order chi connectivity index (χ1) is 15.6. The first kappa shape index (κ1) is 23.7. The number of fused-ring (bicyclic) bond motifs is 1. The third-order valence-corrected chi connectivity index (χ3v) is 7.49. The number of amides is 1. The van der Waals surface area contributed by atoms with E-state index < -0.39 is 0 Å². The van der Waals surface area contributed by atoms with Gasteiger partial charge in [0.1, 0.15) is 11.9 Å². The van der Waals surface area contributed by atoms with E-state index in [9.17, 15) is 10.1 Å². The van der Waals surface area contributed by atoms with E-state index in [2.05, 4.69) is 52.5 Å². The smallest absolute Gasteiger partial charge is 0.255 e. The molecule has 176 valence electrons. The van der Waals surface area contributed by atoms with E-state index in [-0.39, 0.29) is 29.4 Å². The molecule has 0 N–H and O–H groups in total. The number of piperazine rings is 1. The SMILES string of the molecule is CC(C)c1nc(N2CCN(C(=O)c3ccsc3)C(C(C)C)C2)c(C#N)c2c1COC(C)(C)C2. The van der Waals surface area contributed by atoms with Crippen LogP contribution in [0.15, 0.2) is 16.8 Å². The molecule has 1 saturated heterocycles. The Labute approximate surface area is 201 Å². The molecule has 6 nitrogen and oxygen atoms in total. The van der Waals surface area contributed by atoms with Gasteiger partial charge in [-0.3, -0.25) is 4.79 Å². The van der Waals surface area contributed by atoms with Crippen LogP contribution in [0.4, 0.5) is 5.82 Å². The summed E-state index contributed by atoms with van der Waals surface area (Å²) < 4.78 is 6.09. The lowest BCUT2D eigenvalue weighted by Crippen LogP contribution is -2.57. The van der Waals surface area contributed by atoms with Crippen LogP contribution < -0.4 is 4.90 Å². The lowest BCUT2D eigenvalue weighted by molar-refractivity contribution is -0.0408. The first-order valence-corrected chi connectivity index (χ1v) is 12.7. The van der Waals surface area contributed by atoms with Crippen LogP contribution >= 0.6 is 11.3 Å². The summed E-state index contributed by atoms with van der Waals surface area (Å²) in [5, 5.41) is 14.1. The second kappa shape index (κ2) is 9.08. The maximum atomic E-state index is 13.2. The van der Waals surface area contributed by atoms with Crippen molar-refractivity contribution in [3.8, 4) is 6.07 Å². The molecule has 1 atom stereocenters. The van der Waals surface area contributed by atoms with E-state index in [1.165, 1.54) is 0 Å². The molecule has 2 aliphatic rings. The highest BCUT2D eigenvalue weighted by atomic mass is 32.1. The van der Waals surface area contributed by atoms with Crippen molar-refractivity contribution in [2.75, 3.05) is 24.5 Å². The highest BCUT2D eigenvalue weighted by Gasteiger charge is 2.37. The molecule has 33 heavy (non-hydrogen) atoms. The molecule has 4 rings (SSSR count). The molecule has 0 spiro atoms. The van der Waals surface area contributed by atoms with Gasteiger partial charge in [0.25, 0.3) is 5.91 Å². The van der Waals surface area contributed by atoms with Crippen LogP contribution in [0.2, 0.25) is 0 Å². The molecule has 2 aliphatic heterocycles. The van der Waals surface area contributed by atoms with Gasteiger partial charge in [0.05, 0.1) is 35.1 Å². The van der Waals surface area contributed by atoms with Crippen molar-refractivity contribution >= 4 is 23.1 Å². The molecule has 0 aliphatic carbocycles. The first-order valence-electron chi connectivity index (χ1n) is 11.8. The molecule has 7 heteroatoms. The number of carbonyl (C=O) groups is 1. The topological polar surface area (TPSA) is 69.5 Å². The fourth-order valence-corrected chi connectivity index (χ4v) is 5.61. The van der Waals surface area contributed by atoms with Gasteiger partial charge in [0, 0.05) is 37.0 Å². The van der Waals surface area contributed by atoms with Crippen LogP contribution in [0.3, 0.4) is 0 Å². The molecular formula is C26H34N4O2S. The Bertz CT molecular complexity index is 1070. The van der Waals surface area contributed by atoms with Gasteiger partial charge < -0.3 is 14.5 Å². The third kappa shape index (κ3) is 4.51. The van der Waals surface area contributed by atoms with E-state index >= 15 is 0 Å². The van der Waals surface area contributed by atoms with Crippen molar-refractivity contribution in [2.45, 2.75) is 72.1 Å². The number of anilines is 1. The molecular weight excluding hydrogens is 432 g/mol. The van der Waals surface area contributed by atoms with Crippen LogP contribution in [-0.2, 0) is 17.8 Å². The Kier molecular flexibility index (Phi) is 6.52. The molecule has 1 unspecified atom stereocenters. The largest absolute Gasteiger partial charge is 0.370 e. The minimum absolute atomic E-state index is 0.0535. The summed E-state index contributed by atoms with van der Waals surface area (Å²) in [5.41, 5.74) is 4.31. The Balaban J connectivity index is 1.73. The highest BCUT2D eigenvalue weighted by molar-refractivity contribution is 7.08. The predicted octanol–water partition coefficient (Wildman–Crippen LogP) is 4.98. The summed E-state index contributed by atoms with van der Waals surface area (Å²) in [6.45, 7) is 15.2. The van der Waals surface area contributed by atoms with Gasteiger partial charge in [0.2, 0.25) is 0 Å². The van der Waals surface area contributed by atoms with Crippen molar-refractivity contribution in [2.24, 2.45) is 5.92 Å². The number of rotatable bonds is 4. The Morgan fingerprint density at radius 2 is 2.03 bits per heavy atom. The van der Waals surface area contributed by atoms with E-state index in [1.807, 2.05) is 21.7 Å². The van der Waals surface area contributed by atoms with Gasteiger partial charge in [-0.25, -0.2) is 4.98 Å². The number of carbonyl (C=O) groups excluding carboxylic acids is 1. The van der Waals surface area contributed by atoms with Crippen molar-refractivity contribution in [3.63, 3.8) is 0 Å². The standard InChI is InChI=1S/C26H34N4O2S/c1-16(2)22-13-29(8-9-30(22)25(31)18-7-10-33-15-18)24-20(12-27)19-11-26(5,6)32-14-21(19)23(28-24)17(3)4/h7,10,15-17,22H,8-9,11,13-14H2,1-6H3. The third-order valence-electron chi connectivity index (χ3n) is 6.81. The molecule has 4 heterocycles. The van der Waals surface area contributed by atoms with Crippen molar-refractivity contribution < 1.29 is 9.53 Å². The number of ether oxygens (including phenoxy) is 1. The van der Waals surface area contributed by atoms with Crippen LogP contribution in [0, 0.1) is 17.2 Å². The summed E-state index contributed by atoms with van der Waals surface area (Å²) in [6.07, 6.45) is 0.699.